The van der Waals surface area contributed by atoms with Crippen molar-refractivity contribution in [2.75, 3.05) is 0 Å². The minimum absolute atomic E-state index is 0. The van der Waals surface area contributed by atoms with E-state index in [-0.39, 0.29) is 32.2 Å². The molecular formula is C49H51N3Zr. The predicted molar refractivity (Wildman–Crippen MR) is 223 cm³/mol. The van der Waals surface area contributed by atoms with Gasteiger partial charge in [-0.3, -0.25) is 9.97 Å². The standard InChI is InChI=1S/C28H30N3.3C7H7.Zr/c1-19(2)22-13-10-14-23(20(3)4)28(22)31-26(17-21-11-6-5-7-12-21)27-18-29-24-15-8-9-16-25(24)30-27;3*1-7-5-3-2-4-6-7;/h5-16,18-20,26H,17H2,1-4H3;3*2-6H,1H2;/q4*-1;+4. The molecule has 0 amide bonds. The van der Waals surface area contributed by atoms with Crippen LogP contribution in [0.1, 0.15) is 84.6 Å². The molecule has 0 saturated heterocycles. The molecule has 7 rings (SSSR count). The van der Waals surface area contributed by atoms with Crippen LogP contribution in [0.2, 0.25) is 0 Å². The fraction of sp³-hybridized carbons (Fsp3) is 0.163. The van der Waals surface area contributed by atoms with Gasteiger partial charge in [0, 0.05) is 11.9 Å². The van der Waals surface area contributed by atoms with Gasteiger partial charge >= 0.3 is 26.2 Å². The average Bonchev–Trinajstić information content (AvgIpc) is 3.16. The van der Waals surface area contributed by atoms with Gasteiger partial charge < -0.3 is 5.32 Å². The van der Waals surface area contributed by atoms with Gasteiger partial charge in [0.1, 0.15) is 0 Å². The maximum absolute atomic E-state index is 5.37. The van der Waals surface area contributed by atoms with Crippen LogP contribution < -0.4 is 0 Å². The quantitative estimate of drug-likeness (QED) is 0.151. The number of rotatable bonds is 7. The number of para-hydroxylation sites is 3. The minimum atomic E-state index is -0.100. The molecule has 1 unspecified atom stereocenters. The summed E-state index contributed by atoms with van der Waals surface area (Å²) in [5.41, 5.74) is 10.9. The Morgan fingerprint density at radius 2 is 0.887 bits per heavy atom. The summed E-state index contributed by atoms with van der Waals surface area (Å²) < 4.78 is 0. The smallest absolute Gasteiger partial charge is 0.676 e. The molecule has 3 nitrogen and oxygen atoms in total. The number of nitrogens with zero attached hydrogens (tertiary/aromatic N) is 3. The van der Waals surface area contributed by atoms with Gasteiger partial charge in [-0.05, 0) is 36.0 Å². The van der Waals surface area contributed by atoms with Crippen LogP contribution in [0.25, 0.3) is 16.4 Å². The van der Waals surface area contributed by atoms with Crippen LogP contribution in [-0.2, 0) is 32.6 Å². The molecule has 1 aromatic heterocycles. The average molecular weight is 773 g/mol. The molecule has 266 valence electrons. The van der Waals surface area contributed by atoms with Crippen LogP contribution in [0.5, 0.6) is 0 Å². The predicted octanol–water partition coefficient (Wildman–Crippen LogP) is 13.5. The summed E-state index contributed by atoms with van der Waals surface area (Å²) in [5, 5.41) is 5.37. The second kappa shape index (κ2) is 22.8. The molecule has 6 aromatic carbocycles. The Morgan fingerprint density at radius 1 is 0.491 bits per heavy atom. The third-order valence-corrected chi connectivity index (χ3v) is 8.24. The second-order valence-corrected chi connectivity index (χ2v) is 13.2. The van der Waals surface area contributed by atoms with Gasteiger partial charge in [-0.1, -0.05) is 124 Å². The van der Waals surface area contributed by atoms with E-state index in [1.165, 1.54) is 16.7 Å². The largest absolute Gasteiger partial charge is 4.00 e. The molecule has 0 aliphatic carbocycles. The van der Waals surface area contributed by atoms with Crippen LogP contribution in [0, 0.1) is 20.8 Å². The van der Waals surface area contributed by atoms with E-state index in [9.17, 15) is 0 Å². The van der Waals surface area contributed by atoms with Gasteiger partial charge in [0.2, 0.25) is 0 Å². The first kappa shape index (κ1) is 42.4. The maximum atomic E-state index is 5.37. The Balaban J connectivity index is 0.000000275. The first-order valence-corrected chi connectivity index (χ1v) is 17.9. The van der Waals surface area contributed by atoms with Crippen molar-refractivity contribution < 1.29 is 26.2 Å². The number of fused-ring (bicyclic) bond motifs is 1. The SMILES string of the molecule is CC(C)c1cccc(C(C)C)c1[N-]C(Cc1ccccc1)c1cnc2ccccc2n1.[CH2-]c1ccccc1.[CH2-]c1ccccc1.[CH2-]c1ccccc1.[Zr+4]. The maximum Gasteiger partial charge on any atom is 4.00 e. The van der Waals surface area contributed by atoms with Gasteiger partial charge in [-0.15, -0.1) is 42.1 Å². The van der Waals surface area contributed by atoms with Crippen molar-refractivity contribution in [1.29, 1.82) is 0 Å². The molecule has 0 aliphatic rings. The Hall–Kier alpha value is -5.05. The molecule has 0 bridgehead atoms. The Kier molecular flexibility index (Phi) is 18.2. The van der Waals surface area contributed by atoms with Crippen molar-refractivity contribution in [3.05, 3.63) is 235 Å². The molecule has 0 N–H and O–H groups in total. The van der Waals surface area contributed by atoms with Crippen LogP contribution in [0.4, 0.5) is 5.69 Å². The molecule has 0 fully saturated rings. The molecule has 4 heteroatoms. The van der Waals surface area contributed by atoms with E-state index in [2.05, 4.69) is 102 Å². The summed E-state index contributed by atoms with van der Waals surface area (Å²) in [6, 6.07) is 54.7. The van der Waals surface area contributed by atoms with Crippen molar-refractivity contribution in [2.24, 2.45) is 0 Å². The summed E-state index contributed by atoms with van der Waals surface area (Å²) in [4.78, 5) is 9.64. The van der Waals surface area contributed by atoms with Gasteiger partial charge in [-0.2, -0.15) is 73.9 Å². The Labute approximate surface area is 338 Å². The van der Waals surface area contributed by atoms with Gasteiger partial charge in [0.05, 0.1) is 11.0 Å². The van der Waals surface area contributed by atoms with E-state index in [0.29, 0.717) is 11.8 Å². The van der Waals surface area contributed by atoms with E-state index >= 15 is 0 Å². The summed E-state index contributed by atoms with van der Waals surface area (Å²) in [7, 11) is 0. The van der Waals surface area contributed by atoms with Crippen LogP contribution in [0.3, 0.4) is 0 Å². The second-order valence-electron chi connectivity index (χ2n) is 13.2. The number of aromatic nitrogens is 2. The van der Waals surface area contributed by atoms with Crippen LogP contribution >= 0.6 is 0 Å². The number of benzene rings is 6. The zero-order chi connectivity index (χ0) is 37.1. The third-order valence-electron chi connectivity index (χ3n) is 8.24. The fourth-order valence-electron chi connectivity index (χ4n) is 5.44. The molecule has 7 aromatic rings. The molecule has 1 atom stereocenters. The van der Waals surface area contributed by atoms with E-state index < -0.39 is 0 Å². The minimum Gasteiger partial charge on any atom is -0.676 e. The van der Waals surface area contributed by atoms with Gasteiger partial charge in [-0.25, -0.2) is 0 Å². The summed E-state index contributed by atoms with van der Waals surface area (Å²) >= 11 is 0. The van der Waals surface area contributed by atoms with Gasteiger partial charge in [0.15, 0.2) is 0 Å². The number of hydrogen-bond donors (Lipinski definition) is 0. The monoisotopic (exact) mass is 771 g/mol. The Bertz CT molecular complexity index is 1900. The van der Waals surface area contributed by atoms with Crippen molar-refractivity contribution >= 4 is 16.7 Å². The first-order chi connectivity index (χ1) is 25.2. The van der Waals surface area contributed by atoms with Crippen molar-refractivity contribution in [3.8, 4) is 0 Å². The van der Waals surface area contributed by atoms with Crippen molar-refractivity contribution in [3.63, 3.8) is 0 Å². The molecular weight excluding hydrogens is 722 g/mol. The zero-order valence-electron chi connectivity index (χ0n) is 31.6. The van der Waals surface area contributed by atoms with E-state index in [0.717, 1.165) is 45.5 Å². The van der Waals surface area contributed by atoms with Gasteiger partial charge in [0.25, 0.3) is 0 Å². The fourth-order valence-corrected chi connectivity index (χ4v) is 5.44. The van der Waals surface area contributed by atoms with Crippen molar-refractivity contribution in [2.45, 2.75) is 52.0 Å². The summed E-state index contributed by atoms with van der Waals surface area (Å²) in [6.45, 7) is 20.1. The normalized spacial score (nSPS) is 10.7. The Morgan fingerprint density at radius 3 is 1.28 bits per heavy atom. The third kappa shape index (κ3) is 14.5. The summed E-state index contributed by atoms with van der Waals surface area (Å²) in [6.07, 6.45) is 2.68. The van der Waals surface area contributed by atoms with E-state index in [4.69, 9.17) is 10.3 Å². The van der Waals surface area contributed by atoms with Crippen LogP contribution in [0.15, 0.2) is 170 Å². The molecule has 0 aliphatic heterocycles. The van der Waals surface area contributed by atoms with Crippen molar-refractivity contribution in [1.82, 2.24) is 9.97 Å². The van der Waals surface area contributed by atoms with E-state index in [1.807, 2.05) is 121 Å². The zero-order valence-corrected chi connectivity index (χ0v) is 34.0. The molecule has 0 spiro atoms. The topological polar surface area (TPSA) is 39.9 Å². The van der Waals surface area contributed by atoms with Crippen LogP contribution in [-0.4, -0.2) is 9.97 Å². The molecule has 0 radical (unpaired) electrons. The molecule has 0 saturated carbocycles. The van der Waals surface area contributed by atoms with E-state index in [1.54, 1.807) is 0 Å². The molecule has 53 heavy (non-hydrogen) atoms. The first-order valence-electron chi connectivity index (χ1n) is 17.9. The summed E-state index contributed by atoms with van der Waals surface area (Å²) in [5.74, 6) is 0.801. The number of hydrogen-bond acceptors (Lipinski definition) is 2. The molecule has 1 heterocycles.